The number of rotatable bonds is 6. The van der Waals surface area contributed by atoms with Crippen molar-refractivity contribution in [1.82, 2.24) is 24.9 Å². The molecule has 0 bridgehead atoms. The topological polar surface area (TPSA) is 148 Å². The van der Waals surface area contributed by atoms with Crippen LogP contribution in [0.4, 0.5) is 32.4 Å². The van der Waals surface area contributed by atoms with E-state index >= 15 is 0 Å². The lowest BCUT2D eigenvalue weighted by Gasteiger charge is -2.10. The van der Waals surface area contributed by atoms with Crippen LogP contribution in [-0.4, -0.2) is 48.8 Å². The van der Waals surface area contributed by atoms with Gasteiger partial charge < -0.3 is 15.2 Å². The second-order valence-corrected chi connectivity index (χ2v) is 8.72. The number of carboxylic acid groups (broad SMARTS) is 1. The summed E-state index contributed by atoms with van der Waals surface area (Å²) < 4.78 is 66.8. The zero-order chi connectivity index (χ0) is 31.9. The molecule has 0 atom stereocenters. The van der Waals surface area contributed by atoms with E-state index in [4.69, 9.17) is 14.6 Å². The third kappa shape index (κ3) is 8.31. The molecular weight excluding hydrogens is 595 g/mol. The normalized spacial score (nSPS) is 10.8. The molecule has 226 valence electrons. The SMILES string of the molecule is O=C(Cc1ccc(F)cc1)NC(=O)Nc1ccc(Oc2ncnn3cc(-c4ccncc4)cc23)c(F)c1.O=C(O)C(F)(F)F. The van der Waals surface area contributed by atoms with Gasteiger partial charge in [0, 0.05) is 35.9 Å². The van der Waals surface area contributed by atoms with Crippen molar-refractivity contribution in [1.29, 1.82) is 0 Å². The fourth-order valence-electron chi connectivity index (χ4n) is 3.57. The van der Waals surface area contributed by atoms with Gasteiger partial charge in [0.1, 0.15) is 17.7 Å². The summed E-state index contributed by atoms with van der Waals surface area (Å²) in [5, 5.41) is 15.8. The van der Waals surface area contributed by atoms with Crippen LogP contribution in [0.3, 0.4) is 0 Å². The maximum absolute atomic E-state index is 14.8. The van der Waals surface area contributed by atoms with Gasteiger partial charge in [-0.25, -0.2) is 22.9 Å². The molecule has 11 nitrogen and oxygen atoms in total. The zero-order valence-corrected chi connectivity index (χ0v) is 22.0. The Balaban J connectivity index is 0.000000566. The van der Waals surface area contributed by atoms with E-state index in [9.17, 15) is 31.5 Å². The number of amides is 3. The van der Waals surface area contributed by atoms with Crippen LogP contribution < -0.4 is 15.4 Å². The molecule has 44 heavy (non-hydrogen) atoms. The number of aliphatic carboxylic acids is 1. The van der Waals surface area contributed by atoms with Gasteiger partial charge in [0.25, 0.3) is 0 Å². The minimum atomic E-state index is -5.08. The lowest BCUT2D eigenvalue weighted by atomic mass is 10.1. The number of nitrogens with zero attached hydrogens (tertiary/aromatic N) is 4. The third-order valence-corrected chi connectivity index (χ3v) is 5.55. The van der Waals surface area contributed by atoms with Crippen LogP contribution in [0, 0.1) is 11.6 Å². The van der Waals surface area contributed by atoms with Crippen LogP contribution in [0.5, 0.6) is 11.6 Å². The number of carbonyl (C=O) groups is 3. The summed E-state index contributed by atoms with van der Waals surface area (Å²) in [6.07, 6.45) is 1.23. The zero-order valence-electron chi connectivity index (χ0n) is 22.0. The average Bonchev–Trinajstić information content (AvgIpc) is 3.41. The number of ether oxygens (including phenoxy) is 1. The van der Waals surface area contributed by atoms with E-state index in [2.05, 4.69) is 25.7 Å². The quantitative estimate of drug-likeness (QED) is 0.216. The molecule has 0 spiro atoms. The van der Waals surface area contributed by atoms with Crippen LogP contribution in [0.15, 0.2) is 85.6 Å². The molecule has 0 aliphatic heterocycles. The van der Waals surface area contributed by atoms with Crippen molar-refractivity contribution in [2.45, 2.75) is 12.6 Å². The number of urea groups is 1. The first-order valence-electron chi connectivity index (χ1n) is 12.3. The van der Waals surface area contributed by atoms with Gasteiger partial charge in [-0.05, 0) is 53.6 Å². The number of aromatic nitrogens is 4. The molecule has 0 fully saturated rings. The van der Waals surface area contributed by atoms with Crippen molar-refractivity contribution in [3.63, 3.8) is 0 Å². The van der Waals surface area contributed by atoms with E-state index in [0.29, 0.717) is 11.1 Å². The van der Waals surface area contributed by atoms with Crippen molar-refractivity contribution in [3.8, 4) is 22.8 Å². The van der Waals surface area contributed by atoms with Crippen molar-refractivity contribution >= 4 is 29.1 Å². The smallest absolute Gasteiger partial charge is 0.475 e. The third-order valence-electron chi connectivity index (χ3n) is 5.55. The molecule has 3 aromatic heterocycles. The minimum absolute atomic E-state index is 0.104. The number of alkyl halides is 3. The number of anilines is 1. The number of carboxylic acids is 1. The van der Waals surface area contributed by atoms with E-state index in [1.165, 1.54) is 42.7 Å². The fraction of sp³-hybridized carbons (Fsp3) is 0.0714. The Labute approximate surface area is 243 Å². The number of benzene rings is 2. The van der Waals surface area contributed by atoms with Gasteiger partial charge in [0.15, 0.2) is 11.6 Å². The number of imide groups is 1. The Morgan fingerprint density at radius 1 is 0.932 bits per heavy atom. The first kappa shape index (κ1) is 31.0. The number of nitrogens with one attached hydrogen (secondary N) is 2. The summed E-state index contributed by atoms with van der Waals surface area (Å²) in [5.41, 5.74) is 2.94. The summed E-state index contributed by atoms with van der Waals surface area (Å²) >= 11 is 0. The number of fused-ring (bicyclic) bond motifs is 1. The van der Waals surface area contributed by atoms with E-state index in [0.717, 1.165) is 17.2 Å². The Morgan fingerprint density at radius 3 is 2.25 bits per heavy atom. The number of carbonyl (C=O) groups excluding carboxylic acids is 2. The largest absolute Gasteiger partial charge is 0.490 e. The van der Waals surface area contributed by atoms with Crippen molar-refractivity contribution in [3.05, 3.63) is 103 Å². The predicted octanol–water partition coefficient (Wildman–Crippen LogP) is 5.39. The number of hydrogen-bond acceptors (Lipinski definition) is 7. The van der Waals surface area contributed by atoms with Gasteiger partial charge in [-0.2, -0.15) is 23.3 Å². The minimum Gasteiger partial charge on any atom is -0.475 e. The maximum Gasteiger partial charge on any atom is 0.490 e. The van der Waals surface area contributed by atoms with Gasteiger partial charge in [-0.3, -0.25) is 15.1 Å². The van der Waals surface area contributed by atoms with Crippen molar-refractivity contribution in [2.24, 2.45) is 0 Å². The van der Waals surface area contributed by atoms with E-state index < -0.39 is 35.7 Å². The average molecular weight is 614 g/mol. The molecule has 0 saturated carbocycles. The Morgan fingerprint density at radius 2 is 1.61 bits per heavy atom. The lowest BCUT2D eigenvalue weighted by Crippen LogP contribution is -2.35. The molecule has 0 aliphatic carbocycles. The summed E-state index contributed by atoms with van der Waals surface area (Å²) in [6.45, 7) is 0. The van der Waals surface area contributed by atoms with Crippen LogP contribution >= 0.6 is 0 Å². The first-order chi connectivity index (χ1) is 20.9. The van der Waals surface area contributed by atoms with Crippen LogP contribution in [0.25, 0.3) is 16.6 Å². The molecule has 5 aromatic rings. The summed E-state index contributed by atoms with van der Waals surface area (Å²) in [7, 11) is 0. The van der Waals surface area contributed by atoms with Crippen LogP contribution in [-0.2, 0) is 16.0 Å². The molecule has 3 amide bonds. The molecular formula is C28H19F5N6O5. The Kier molecular flexibility index (Phi) is 9.42. The molecule has 3 heterocycles. The highest BCUT2D eigenvalue weighted by Gasteiger charge is 2.38. The second-order valence-electron chi connectivity index (χ2n) is 8.72. The van der Waals surface area contributed by atoms with E-state index in [1.807, 2.05) is 18.2 Å². The second kappa shape index (κ2) is 13.4. The summed E-state index contributed by atoms with van der Waals surface area (Å²) in [4.78, 5) is 41.2. The summed E-state index contributed by atoms with van der Waals surface area (Å²) in [6, 6.07) is 13.8. The predicted molar refractivity (Wildman–Crippen MR) is 144 cm³/mol. The number of pyridine rings is 1. The molecule has 5 rings (SSSR count). The number of hydrogen-bond donors (Lipinski definition) is 3. The molecule has 0 unspecified atom stereocenters. The van der Waals surface area contributed by atoms with Gasteiger partial charge >= 0.3 is 18.2 Å². The first-order valence-corrected chi connectivity index (χ1v) is 12.3. The van der Waals surface area contributed by atoms with Crippen molar-refractivity contribution in [2.75, 3.05) is 5.32 Å². The van der Waals surface area contributed by atoms with Crippen LogP contribution in [0.2, 0.25) is 0 Å². The van der Waals surface area contributed by atoms with Gasteiger partial charge in [-0.15, -0.1) is 0 Å². The highest BCUT2D eigenvalue weighted by Crippen LogP contribution is 2.30. The molecule has 16 heteroatoms. The molecule has 0 radical (unpaired) electrons. The molecule has 2 aromatic carbocycles. The van der Waals surface area contributed by atoms with Gasteiger partial charge in [-0.1, -0.05) is 12.1 Å². The Hall–Kier alpha value is -5.93. The van der Waals surface area contributed by atoms with Crippen LogP contribution in [0.1, 0.15) is 5.56 Å². The number of halogens is 5. The van der Waals surface area contributed by atoms with Gasteiger partial charge in [0.05, 0.1) is 6.42 Å². The molecule has 0 aliphatic rings. The highest BCUT2D eigenvalue weighted by molar-refractivity contribution is 6.01. The molecule has 0 saturated heterocycles. The lowest BCUT2D eigenvalue weighted by molar-refractivity contribution is -0.192. The maximum atomic E-state index is 14.8. The fourth-order valence-corrected chi connectivity index (χ4v) is 3.57. The van der Waals surface area contributed by atoms with E-state index in [1.54, 1.807) is 23.1 Å². The highest BCUT2D eigenvalue weighted by atomic mass is 19.4. The summed E-state index contributed by atoms with van der Waals surface area (Å²) in [5.74, 6) is -4.52. The van der Waals surface area contributed by atoms with Crippen molar-refractivity contribution < 1.29 is 46.2 Å². The standard InChI is InChI=1S/C26H18F2N6O3.C2HF3O2/c27-19-3-1-16(2-4-19)11-24(35)33-26(36)32-20-5-6-23(21(28)13-20)37-25-22-12-18(14-34(22)31-15-30-25)17-7-9-29-10-8-17;3-2(4,5)1(6)7/h1-10,12-15H,11H2,(H2,32,33,35,36);(H,6,7). The Bertz CT molecular complexity index is 1800. The van der Waals surface area contributed by atoms with Gasteiger partial charge in [0.2, 0.25) is 11.8 Å². The van der Waals surface area contributed by atoms with E-state index in [-0.39, 0.29) is 23.7 Å². The monoisotopic (exact) mass is 614 g/mol. The molecule has 3 N–H and O–H groups in total.